The molecule has 0 saturated carbocycles. The van der Waals surface area contributed by atoms with E-state index in [0.29, 0.717) is 0 Å². The summed E-state index contributed by atoms with van der Waals surface area (Å²) in [6, 6.07) is 7.42. The van der Waals surface area contributed by atoms with E-state index in [9.17, 15) is 4.79 Å². The molecule has 1 aromatic heterocycles. The number of rotatable bonds is 4. The van der Waals surface area contributed by atoms with Gasteiger partial charge in [-0.25, -0.2) is 4.98 Å². The maximum atomic E-state index is 11.8. The largest absolute Gasteiger partial charge is 0.332 e. The van der Waals surface area contributed by atoms with Crippen LogP contribution in [0.5, 0.6) is 0 Å². The molecule has 2 aromatic rings. The minimum Gasteiger partial charge on any atom is -0.332 e. The maximum Gasteiger partial charge on any atom is 0.243 e. The molecule has 0 aliphatic rings. The molecular formula is C14H18N4OS. The van der Waals surface area contributed by atoms with E-state index in [2.05, 4.69) is 15.6 Å². The number of anilines is 3. The first-order chi connectivity index (χ1) is 9.34. The van der Waals surface area contributed by atoms with Crippen LogP contribution in [-0.2, 0) is 4.79 Å². The molecule has 20 heavy (non-hydrogen) atoms. The summed E-state index contributed by atoms with van der Waals surface area (Å²) in [7, 11) is 0. The lowest BCUT2D eigenvalue weighted by molar-refractivity contribution is -0.120. The monoisotopic (exact) mass is 290 g/mol. The third-order valence-corrected chi connectivity index (χ3v) is 3.47. The van der Waals surface area contributed by atoms with Crippen LogP contribution in [0.2, 0.25) is 0 Å². The number of nitrogens with one attached hydrogen (secondary N) is 2. The molecule has 0 fully saturated rings. The van der Waals surface area contributed by atoms with Gasteiger partial charge in [-0.15, -0.1) is 11.3 Å². The van der Waals surface area contributed by atoms with Gasteiger partial charge in [-0.3, -0.25) is 4.79 Å². The summed E-state index contributed by atoms with van der Waals surface area (Å²) >= 11 is 1.55. The standard InChI is InChI=1S/C14H18N4OS/c1-9-8-20-13(16-9)18-11-6-4-10(5-7-11)17-12(19)14(2,3)15/h4-8H,15H2,1-3H3,(H,16,18)(H,17,19). The SMILES string of the molecule is Cc1csc(Nc2ccc(NC(=O)C(C)(C)N)cc2)n1. The van der Waals surface area contributed by atoms with Gasteiger partial charge in [-0.1, -0.05) is 0 Å². The molecule has 106 valence electrons. The predicted molar refractivity (Wildman–Crippen MR) is 83.5 cm³/mol. The van der Waals surface area contributed by atoms with E-state index in [1.54, 1.807) is 25.2 Å². The summed E-state index contributed by atoms with van der Waals surface area (Å²) in [5, 5.41) is 8.81. The number of carbonyl (C=O) groups is 1. The van der Waals surface area contributed by atoms with E-state index in [0.717, 1.165) is 22.2 Å². The Morgan fingerprint density at radius 1 is 1.25 bits per heavy atom. The number of thiazole rings is 1. The Labute approximate surface area is 122 Å². The molecule has 5 nitrogen and oxygen atoms in total. The van der Waals surface area contributed by atoms with Crippen LogP contribution in [0.25, 0.3) is 0 Å². The zero-order chi connectivity index (χ0) is 14.8. The van der Waals surface area contributed by atoms with Crippen molar-refractivity contribution in [2.45, 2.75) is 26.3 Å². The predicted octanol–water partition coefficient (Wildman–Crippen LogP) is 2.87. The van der Waals surface area contributed by atoms with E-state index in [1.807, 2.05) is 36.6 Å². The van der Waals surface area contributed by atoms with Crippen molar-refractivity contribution in [2.75, 3.05) is 10.6 Å². The maximum absolute atomic E-state index is 11.8. The quantitative estimate of drug-likeness (QED) is 0.809. The lowest BCUT2D eigenvalue weighted by atomic mass is 10.1. The van der Waals surface area contributed by atoms with Gasteiger partial charge in [0.25, 0.3) is 0 Å². The number of hydrogen-bond donors (Lipinski definition) is 3. The van der Waals surface area contributed by atoms with Crippen LogP contribution in [0.3, 0.4) is 0 Å². The van der Waals surface area contributed by atoms with Gasteiger partial charge in [-0.05, 0) is 45.0 Å². The first kappa shape index (κ1) is 14.5. The molecule has 0 bridgehead atoms. The van der Waals surface area contributed by atoms with Crippen LogP contribution < -0.4 is 16.4 Å². The normalized spacial score (nSPS) is 11.2. The van der Waals surface area contributed by atoms with E-state index in [-0.39, 0.29) is 5.91 Å². The fraction of sp³-hybridized carbons (Fsp3) is 0.286. The van der Waals surface area contributed by atoms with Crippen molar-refractivity contribution in [3.63, 3.8) is 0 Å². The van der Waals surface area contributed by atoms with E-state index < -0.39 is 5.54 Å². The summed E-state index contributed by atoms with van der Waals surface area (Å²) in [6.07, 6.45) is 0. The summed E-state index contributed by atoms with van der Waals surface area (Å²) < 4.78 is 0. The second-order valence-corrected chi connectivity index (χ2v) is 6.03. The average molecular weight is 290 g/mol. The molecule has 4 N–H and O–H groups in total. The summed E-state index contributed by atoms with van der Waals surface area (Å²) in [5.41, 5.74) is 7.47. The second-order valence-electron chi connectivity index (χ2n) is 5.17. The van der Waals surface area contributed by atoms with Crippen molar-refractivity contribution >= 4 is 33.8 Å². The summed E-state index contributed by atoms with van der Waals surface area (Å²) in [5.74, 6) is -0.214. The van der Waals surface area contributed by atoms with Crippen molar-refractivity contribution in [1.82, 2.24) is 4.98 Å². The molecule has 0 atom stereocenters. The fourth-order valence-electron chi connectivity index (χ4n) is 1.46. The van der Waals surface area contributed by atoms with Crippen LogP contribution in [-0.4, -0.2) is 16.4 Å². The van der Waals surface area contributed by atoms with Crippen molar-refractivity contribution in [2.24, 2.45) is 5.73 Å². The van der Waals surface area contributed by atoms with E-state index >= 15 is 0 Å². The molecule has 6 heteroatoms. The van der Waals surface area contributed by atoms with Gasteiger partial charge in [0.15, 0.2) is 5.13 Å². The Morgan fingerprint density at radius 2 is 1.85 bits per heavy atom. The highest BCUT2D eigenvalue weighted by Gasteiger charge is 2.21. The lowest BCUT2D eigenvalue weighted by Crippen LogP contribution is -2.45. The van der Waals surface area contributed by atoms with Crippen molar-refractivity contribution in [3.05, 3.63) is 35.3 Å². The molecule has 1 heterocycles. The van der Waals surface area contributed by atoms with Crippen LogP contribution >= 0.6 is 11.3 Å². The average Bonchev–Trinajstić information content (AvgIpc) is 2.76. The van der Waals surface area contributed by atoms with Gasteiger partial charge in [0.05, 0.1) is 11.2 Å². The second kappa shape index (κ2) is 5.60. The van der Waals surface area contributed by atoms with E-state index in [1.165, 1.54) is 0 Å². The number of aromatic nitrogens is 1. The van der Waals surface area contributed by atoms with Crippen molar-refractivity contribution < 1.29 is 4.79 Å². The molecule has 0 saturated heterocycles. The molecule has 0 spiro atoms. The minimum absolute atomic E-state index is 0.214. The topological polar surface area (TPSA) is 80.0 Å². The molecule has 0 aliphatic heterocycles. The Balaban J connectivity index is 2.01. The van der Waals surface area contributed by atoms with Gasteiger partial charge in [-0.2, -0.15) is 0 Å². The van der Waals surface area contributed by atoms with Crippen LogP contribution in [0.15, 0.2) is 29.6 Å². The number of benzene rings is 1. The van der Waals surface area contributed by atoms with Crippen LogP contribution in [0.4, 0.5) is 16.5 Å². The Bertz CT molecular complexity index is 598. The number of amides is 1. The highest BCUT2D eigenvalue weighted by Crippen LogP contribution is 2.22. The zero-order valence-corrected chi connectivity index (χ0v) is 12.5. The number of nitrogens with two attached hydrogens (primary N) is 1. The summed E-state index contributed by atoms with van der Waals surface area (Å²) in [6.45, 7) is 5.29. The first-order valence-electron chi connectivity index (χ1n) is 6.24. The number of nitrogens with zero attached hydrogens (tertiary/aromatic N) is 1. The smallest absolute Gasteiger partial charge is 0.243 e. The highest BCUT2D eigenvalue weighted by atomic mass is 32.1. The van der Waals surface area contributed by atoms with Gasteiger partial charge in [0, 0.05) is 16.8 Å². The molecular weight excluding hydrogens is 272 g/mol. The fourth-order valence-corrected chi connectivity index (χ4v) is 2.17. The lowest BCUT2D eigenvalue weighted by Gasteiger charge is -2.17. The molecule has 0 unspecified atom stereocenters. The highest BCUT2D eigenvalue weighted by molar-refractivity contribution is 7.13. The number of carbonyl (C=O) groups excluding carboxylic acids is 1. The Morgan fingerprint density at radius 3 is 2.35 bits per heavy atom. The molecule has 0 aliphatic carbocycles. The van der Waals surface area contributed by atoms with Gasteiger partial charge >= 0.3 is 0 Å². The van der Waals surface area contributed by atoms with Crippen LogP contribution in [0.1, 0.15) is 19.5 Å². The zero-order valence-electron chi connectivity index (χ0n) is 11.7. The minimum atomic E-state index is -0.894. The third kappa shape index (κ3) is 3.79. The van der Waals surface area contributed by atoms with E-state index in [4.69, 9.17) is 5.73 Å². The van der Waals surface area contributed by atoms with Crippen molar-refractivity contribution in [3.8, 4) is 0 Å². The molecule has 0 radical (unpaired) electrons. The molecule has 1 aromatic carbocycles. The van der Waals surface area contributed by atoms with Gasteiger partial charge in [0.1, 0.15) is 0 Å². The molecule has 1 amide bonds. The molecule has 2 rings (SSSR count). The first-order valence-corrected chi connectivity index (χ1v) is 7.12. The van der Waals surface area contributed by atoms with Gasteiger partial charge < -0.3 is 16.4 Å². The Kier molecular flexibility index (Phi) is 4.06. The number of aryl methyl sites for hydroxylation is 1. The summed E-state index contributed by atoms with van der Waals surface area (Å²) in [4.78, 5) is 16.1. The third-order valence-electron chi connectivity index (χ3n) is 2.60. The van der Waals surface area contributed by atoms with Crippen molar-refractivity contribution in [1.29, 1.82) is 0 Å². The Hall–Kier alpha value is -1.92. The van der Waals surface area contributed by atoms with Gasteiger partial charge in [0.2, 0.25) is 5.91 Å². The number of hydrogen-bond acceptors (Lipinski definition) is 5. The van der Waals surface area contributed by atoms with Crippen LogP contribution in [0, 0.1) is 6.92 Å².